The normalized spacial score (nSPS) is 23.0. The summed E-state index contributed by atoms with van der Waals surface area (Å²) in [7, 11) is 1.62. The van der Waals surface area contributed by atoms with Crippen molar-refractivity contribution in [1.29, 1.82) is 0 Å². The average Bonchev–Trinajstić information content (AvgIpc) is 2.38. The van der Waals surface area contributed by atoms with Gasteiger partial charge in [0, 0.05) is 25.7 Å². The number of carbonyl (C=O) groups excluding carboxylic acids is 1. The summed E-state index contributed by atoms with van der Waals surface area (Å²) in [4.78, 5) is 14.4. The minimum Gasteiger partial charge on any atom is -0.496 e. The predicted molar refractivity (Wildman–Crippen MR) is 64.4 cm³/mol. The van der Waals surface area contributed by atoms with Gasteiger partial charge in [0.1, 0.15) is 5.75 Å². The highest BCUT2D eigenvalue weighted by molar-refractivity contribution is 5.99. The number of ether oxygens (including phenoxy) is 1. The van der Waals surface area contributed by atoms with Crippen LogP contribution in [0.3, 0.4) is 0 Å². The highest BCUT2D eigenvalue weighted by atomic mass is 16.5. The van der Waals surface area contributed by atoms with E-state index in [-0.39, 0.29) is 5.91 Å². The van der Waals surface area contributed by atoms with Gasteiger partial charge in [0.05, 0.1) is 12.7 Å². The molecule has 90 valence electrons. The molecule has 1 fully saturated rings. The Morgan fingerprint density at radius 3 is 3.18 bits per heavy atom. The van der Waals surface area contributed by atoms with Crippen LogP contribution in [-0.4, -0.2) is 43.6 Å². The van der Waals surface area contributed by atoms with E-state index in [1.54, 1.807) is 7.11 Å². The SMILES string of the molecule is COc1cccc2c1C(=O)N1CCNC[C@H]1C2. The first-order valence-corrected chi connectivity index (χ1v) is 5.99. The van der Waals surface area contributed by atoms with Crippen LogP contribution in [0.5, 0.6) is 5.75 Å². The van der Waals surface area contributed by atoms with Crippen molar-refractivity contribution in [2.75, 3.05) is 26.7 Å². The van der Waals surface area contributed by atoms with Gasteiger partial charge in [-0.1, -0.05) is 12.1 Å². The predicted octanol–water partition coefficient (Wildman–Crippen LogP) is 0.665. The summed E-state index contributed by atoms with van der Waals surface area (Å²) in [5.74, 6) is 0.819. The largest absolute Gasteiger partial charge is 0.496 e. The molecule has 0 unspecified atom stereocenters. The number of piperazine rings is 1. The van der Waals surface area contributed by atoms with Crippen LogP contribution in [-0.2, 0) is 6.42 Å². The zero-order chi connectivity index (χ0) is 11.8. The number of amides is 1. The number of benzene rings is 1. The number of hydrogen-bond donors (Lipinski definition) is 1. The quantitative estimate of drug-likeness (QED) is 0.773. The molecule has 2 aliphatic rings. The first-order chi connectivity index (χ1) is 8.31. The lowest BCUT2D eigenvalue weighted by Crippen LogP contribution is -2.56. The number of nitrogens with zero attached hydrogens (tertiary/aromatic N) is 1. The third-order valence-electron chi connectivity index (χ3n) is 3.61. The molecule has 0 aliphatic carbocycles. The summed E-state index contributed by atoms with van der Waals surface area (Å²) in [5.41, 5.74) is 1.87. The number of hydrogen-bond acceptors (Lipinski definition) is 3. The van der Waals surface area contributed by atoms with Crippen molar-refractivity contribution in [2.45, 2.75) is 12.5 Å². The van der Waals surface area contributed by atoms with Gasteiger partial charge in [-0.15, -0.1) is 0 Å². The van der Waals surface area contributed by atoms with E-state index in [1.807, 2.05) is 23.1 Å². The lowest BCUT2D eigenvalue weighted by Gasteiger charge is -2.40. The molecule has 0 radical (unpaired) electrons. The van der Waals surface area contributed by atoms with Crippen LogP contribution in [0.1, 0.15) is 15.9 Å². The molecule has 17 heavy (non-hydrogen) atoms. The number of rotatable bonds is 1. The van der Waals surface area contributed by atoms with E-state index in [0.717, 1.165) is 37.2 Å². The zero-order valence-electron chi connectivity index (χ0n) is 9.90. The van der Waals surface area contributed by atoms with Crippen molar-refractivity contribution < 1.29 is 9.53 Å². The van der Waals surface area contributed by atoms with Gasteiger partial charge in [0.15, 0.2) is 0 Å². The molecule has 2 aliphatic heterocycles. The lowest BCUT2D eigenvalue weighted by molar-refractivity contribution is 0.0602. The monoisotopic (exact) mass is 232 g/mol. The second-order valence-corrected chi connectivity index (χ2v) is 4.56. The number of methoxy groups -OCH3 is 1. The molecule has 0 aromatic heterocycles. The van der Waals surface area contributed by atoms with Gasteiger partial charge in [-0.2, -0.15) is 0 Å². The molecule has 1 aromatic rings. The number of fused-ring (bicyclic) bond motifs is 2. The van der Waals surface area contributed by atoms with Crippen molar-refractivity contribution in [3.63, 3.8) is 0 Å². The second-order valence-electron chi connectivity index (χ2n) is 4.56. The van der Waals surface area contributed by atoms with Crippen LogP contribution < -0.4 is 10.1 Å². The molecule has 0 spiro atoms. The van der Waals surface area contributed by atoms with Gasteiger partial charge in [0.2, 0.25) is 0 Å². The van der Waals surface area contributed by atoms with Crippen LogP contribution in [0.2, 0.25) is 0 Å². The molecule has 1 N–H and O–H groups in total. The standard InChI is InChI=1S/C13H16N2O2/c1-17-11-4-2-3-9-7-10-8-14-5-6-15(10)13(16)12(9)11/h2-4,10,14H,5-8H2,1H3/t10-/m1/s1. The maximum absolute atomic E-state index is 12.4. The number of carbonyl (C=O) groups is 1. The Kier molecular flexibility index (Phi) is 2.52. The first kappa shape index (κ1) is 10.6. The van der Waals surface area contributed by atoms with E-state index < -0.39 is 0 Å². The summed E-state index contributed by atoms with van der Waals surface area (Å²) in [5, 5.41) is 3.34. The Balaban J connectivity index is 2.06. The summed E-state index contributed by atoms with van der Waals surface area (Å²) < 4.78 is 5.30. The molecule has 4 heteroatoms. The Hall–Kier alpha value is -1.55. The van der Waals surface area contributed by atoms with E-state index in [0.29, 0.717) is 11.8 Å². The molecule has 4 nitrogen and oxygen atoms in total. The van der Waals surface area contributed by atoms with Gasteiger partial charge >= 0.3 is 0 Å². The van der Waals surface area contributed by atoms with Crippen LogP contribution in [0, 0.1) is 0 Å². The molecule has 1 aromatic carbocycles. The zero-order valence-corrected chi connectivity index (χ0v) is 9.90. The van der Waals surface area contributed by atoms with Crippen LogP contribution in [0.15, 0.2) is 18.2 Å². The fourth-order valence-corrected chi connectivity index (χ4v) is 2.77. The molecule has 1 atom stereocenters. The summed E-state index contributed by atoms with van der Waals surface area (Å²) >= 11 is 0. The van der Waals surface area contributed by atoms with Crippen LogP contribution >= 0.6 is 0 Å². The highest BCUT2D eigenvalue weighted by Gasteiger charge is 2.35. The fourth-order valence-electron chi connectivity index (χ4n) is 2.77. The number of nitrogens with one attached hydrogen (secondary N) is 1. The van der Waals surface area contributed by atoms with Crippen LogP contribution in [0.4, 0.5) is 0 Å². The molecule has 3 rings (SSSR count). The topological polar surface area (TPSA) is 41.6 Å². The molecule has 0 saturated carbocycles. The second kappa shape index (κ2) is 4.04. The molecule has 2 heterocycles. The van der Waals surface area contributed by atoms with Crippen molar-refractivity contribution in [1.82, 2.24) is 10.2 Å². The lowest BCUT2D eigenvalue weighted by atomic mass is 9.91. The Labute approximate surface area is 101 Å². The third kappa shape index (κ3) is 1.60. The van der Waals surface area contributed by atoms with E-state index in [1.165, 1.54) is 0 Å². The van der Waals surface area contributed by atoms with E-state index >= 15 is 0 Å². The van der Waals surface area contributed by atoms with Gasteiger partial charge in [-0.05, 0) is 18.1 Å². The summed E-state index contributed by atoms with van der Waals surface area (Å²) in [6, 6.07) is 6.15. The fraction of sp³-hybridized carbons (Fsp3) is 0.462. The summed E-state index contributed by atoms with van der Waals surface area (Å²) in [6.07, 6.45) is 0.922. The minimum absolute atomic E-state index is 0.121. The van der Waals surface area contributed by atoms with Gasteiger partial charge < -0.3 is 15.0 Å². The Morgan fingerprint density at radius 2 is 2.35 bits per heavy atom. The molecule has 0 bridgehead atoms. The third-order valence-corrected chi connectivity index (χ3v) is 3.61. The van der Waals surface area contributed by atoms with Crippen molar-refractivity contribution in [2.24, 2.45) is 0 Å². The maximum Gasteiger partial charge on any atom is 0.258 e. The smallest absolute Gasteiger partial charge is 0.258 e. The highest BCUT2D eigenvalue weighted by Crippen LogP contribution is 2.30. The molecule has 1 amide bonds. The van der Waals surface area contributed by atoms with Crippen molar-refractivity contribution in [3.8, 4) is 5.75 Å². The van der Waals surface area contributed by atoms with E-state index in [9.17, 15) is 4.79 Å². The van der Waals surface area contributed by atoms with E-state index in [4.69, 9.17) is 4.74 Å². The maximum atomic E-state index is 12.4. The summed E-state index contributed by atoms with van der Waals surface area (Å²) in [6.45, 7) is 2.57. The minimum atomic E-state index is 0.121. The van der Waals surface area contributed by atoms with E-state index in [2.05, 4.69) is 5.32 Å². The van der Waals surface area contributed by atoms with Crippen LogP contribution in [0.25, 0.3) is 0 Å². The Morgan fingerprint density at radius 1 is 1.47 bits per heavy atom. The average molecular weight is 232 g/mol. The Bertz CT molecular complexity index is 459. The van der Waals surface area contributed by atoms with Crippen molar-refractivity contribution in [3.05, 3.63) is 29.3 Å². The van der Waals surface area contributed by atoms with Gasteiger partial charge in [0.25, 0.3) is 5.91 Å². The first-order valence-electron chi connectivity index (χ1n) is 5.99. The molecular weight excluding hydrogens is 216 g/mol. The van der Waals surface area contributed by atoms with Crippen molar-refractivity contribution >= 4 is 5.91 Å². The molecule has 1 saturated heterocycles. The van der Waals surface area contributed by atoms with Gasteiger partial charge in [-0.25, -0.2) is 0 Å². The molecular formula is C13H16N2O2. The van der Waals surface area contributed by atoms with Gasteiger partial charge in [-0.3, -0.25) is 4.79 Å².